The van der Waals surface area contributed by atoms with E-state index in [1.165, 1.54) is 5.56 Å². The minimum atomic E-state index is -0.519. The molecule has 0 aliphatic carbocycles. The lowest BCUT2D eigenvalue weighted by atomic mass is 9.96. The molecule has 1 atom stereocenters. The number of aliphatic hydroxyl groups is 1. The van der Waals surface area contributed by atoms with E-state index in [2.05, 4.69) is 43.8 Å². The van der Waals surface area contributed by atoms with Gasteiger partial charge in [0.25, 0.3) is 0 Å². The fourth-order valence-corrected chi connectivity index (χ4v) is 4.43. The van der Waals surface area contributed by atoms with E-state index in [-0.39, 0.29) is 0 Å². The smallest absolute Gasteiger partial charge is 0.160 e. The second-order valence-electron chi connectivity index (χ2n) is 8.42. The highest BCUT2D eigenvalue weighted by Crippen LogP contribution is 2.27. The molecular weight excluding hydrogens is 400 g/mol. The summed E-state index contributed by atoms with van der Waals surface area (Å²) in [7, 11) is 0. The molecule has 4 aromatic rings. The van der Waals surface area contributed by atoms with E-state index in [1.807, 2.05) is 54.7 Å². The fraction of sp³-hybridized carbons (Fsp3) is 0.308. The minimum absolute atomic E-state index is 0.291. The molecule has 0 radical (unpaired) electrons. The molecule has 164 valence electrons. The molecule has 1 aliphatic rings. The number of rotatable bonds is 7. The molecule has 1 aliphatic heterocycles. The highest BCUT2D eigenvalue weighted by molar-refractivity contribution is 5.63. The quantitative estimate of drug-likeness (QED) is 0.482. The summed E-state index contributed by atoms with van der Waals surface area (Å²) >= 11 is 0. The van der Waals surface area contributed by atoms with Crippen LogP contribution in [0.25, 0.3) is 16.8 Å². The Hall–Kier alpha value is -3.22. The van der Waals surface area contributed by atoms with E-state index in [9.17, 15) is 5.11 Å². The van der Waals surface area contributed by atoms with Crippen LogP contribution in [0.1, 0.15) is 24.6 Å². The van der Waals surface area contributed by atoms with Crippen LogP contribution in [0.15, 0.2) is 79.0 Å². The van der Waals surface area contributed by atoms with E-state index >= 15 is 0 Å². The van der Waals surface area contributed by atoms with Crippen LogP contribution in [0.5, 0.6) is 5.75 Å². The number of fused-ring (bicyclic) bond motifs is 1. The number of likely N-dealkylation sites (tertiary alicyclic amines) is 1. The van der Waals surface area contributed by atoms with Crippen molar-refractivity contribution in [1.82, 2.24) is 19.5 Å². The van der Waals surface area contributed by atoms with Crippen LogP contribution in [0, 0.1) is 0 Å². The maximum Gasteiger partial charge on any atom is 0.160 e. The monoisotopic (exact) mass is 428 g/mol. The van der Waals surface area contributed by atoms with Crippen LogP contribution in [-0.2, 0) is 0 Å². The average Bonchev–Trinajstić information content (AvgIpc) is 3.28. The van der Waals surface area contributed by atoms with Gasteiger partial charge < -0.3 is 14.7 Å². The van der Waals surface area contributed by atoms with Gasteiger partial charge in [0.2, 0.25) is 0 Å². The van der Waals surface area contributed by atoms with Gasteiger partial charge in [-0.05, 0) is 61.3 Å². The zero-order valence-electron chi connectivity index (χ0n) is 18.0. The Labute approximate surface area is 188 Å². The molecular formula is C26H28N4O2. The summed E-state index contributed by atoms with van der Waals surface area (Å²) in [4.78, 5) is 2.31. The summed E-state index contributed by atoms with van der Waals surface area (Å²) in [6, 6.07) is 24.3. The lowest BCUT2D eigenvalue weighted by Gasteiger charge is -2.32. The highest BCUT2D eigenvalue weighted by Gasteiger charge is 2.25. The number of β-amino-alcohol motifs (C(OH)–C–C–N with tert-alkyl or cyclic N) is 1. The molecule has 2 aromatic heterocycles. The van der Waals surface area contributed by atoms with Crippen molar-refractivity contribution in [2.45, 2.75) is 24.9 Å². The van der Waals surface area contributed by atoms with Gasteiger partial charge in [-0.25, -0.2) is 0 Å². The summed E-state index contributed by atoms with van der Waals surface area (Å²) < 4.78 is 7.92. The Morgan fingerprint density at radius 2 is 1.59 bits per heavy atom. The van der Waals surface area contributed by atoms with Gasteiger partial charge >= 0.3 is 0 Å². The van der Waals surface area contributed by atoms with Crippen molar-refractivity contribution in [2.24, 2.45) is 0 Å². The first-order valence-electron chi connectivity index (χ1n) is 11.2. The fourth-order valence-electron chi connectivity index (χ4n) is 4.43. The Balaban J connectivity index is 1.09. The number of aliphatic hydroxyl groups excluding tert-OH is 1. The summed E-state index contributed by atoms with van der Waals surface area (Å²) in [5.74, 6) is 2.23. The Morgan fingerprint density at radius 1 is 0.875 bits per heavy atom. The maximum atomic E-state index is 10.5. The topological polar surface area (TPSA) is 62.9 Å². The van der Waals surface area contributed by atoms with Gasteiger partial charge in [0.15, 0.2) is 5.65 Å². The number of ether oxygens (including phenoxy) is 1. The van der Waals surface area contributed by atoms with Crippen molar-refractivity contribution < 1.29 is 9.84 Å². The Morgan fingerprint density at radius 3 is 2.38 bits per heavy atom. The molecule has 5 rings (SSSR count). The van der Waals surface area contributed by atoms with Crippen LogP contribution in [0.3, 0.4) is 0 Å². The predicted octanol–water partition coefficient (Wildman–Crippen LogP) is 4.02. The molecule has 0 amide bonds. The second kappa shape index (κ2) is 9.51. The van der Waals surface area contributed by atoms with Gasteiger partial charge in [0, 0.05) is 18.7 Å². The number of hydrogen-bond acceptors (Lipinski definition) is 5. The van der Waals surface area contributed by atoms with Crippen LogP contribution < -0.4 is 4.74 Å². The number of benzene rings is 2. The number of piperidine rings is 1. The van der Waals surface area contributed by atoms with Crippen molar-refractivity contribution in [3.8, 4) is 16.9 Å². The van der Waals surface area contributed by atoms with Crippen LogP contribution >= 0.6 is 0 Å². The molecule has 3 heterocycles. The maximum absolute atomic E-state index is 10.5. The molecule has 1 unspecified atom stereocenters. The lowest BCUT2D eigenvalue weighted by molar-refractivity contribution is 0.0590. The zero-order chi connectivity index (χ0) is 21.8. The van der Waals surface area contributed by atoms with E-state index in [0.717, 1.165) is 48.7 Å². The largest absolute Gasteiger partial charge is 0.491 e. The standard InChI is InChI=1S/C26H28N4O2/c31-23(19-32-24-11-9-21(10-12-24)20-6-2-1-3-7-20)18-29-16-13-22(14-17-29)26-28-27-25-8-4-5-15-30(25)26/h1-12,15,22-23,31H,13-14,16-19H2. The van der Waals surface area contributed by atoms with E-state index in [1.54, 1.807) is 0 Å². The van der Waals surface area contributed by atoms with Gasteiger partial charge in [-0.1, -0.05) is 48.5 Å². The first-order chi connectivity index (χ1) is 15.8. The van der Waals surface area contributed by atoms with Crippen molar-refractivity contribution >= 4 is 5.65 Å². The van der Waals surface area contributed by atoms with Gasteiger partial charge in [-0.3, -0.25) is 4.40 Å². The third kappa shape index (κ3) is 4.66. The van der Waals surface area contributed by atoms with Crippen LogP contribution in [0.2, 0.25) is 0 Å². The van der Waals surface area contributed by atoms with E-state index < -0.39 is 6.10 Å². The van der Waals surface area contributed by atoms with Gasteiger partial charge in [0.1, 0.15) is 24.3 Å². The van der Waals surface area contributed by atoms with Gasteiger partial charge in [-0.15, -0.1) is 10.2 Å². The van der Waals surface area contributed by atoms with Gasteiger partial charge in [-0.2, -0.15) is 0 Å². The lowest BCUT2D eigenvalue weighted by Crippen LogP contribution is -2.40. The summed E-state index contributed by atoms with van der Waals surface area (Å²) in [5, 5.41) is 19.2. The highest BCUT2D eigenvalue weighted by atomic mass is 16.5. The second-order valence-corrected chi connectivity index (χ2v) is 8.42. The molecule has 32 heavy (non-hydrogen) atoms. The zero-order valence-corrected chi connectivity index (χ0v) is 18.0. The summed E-state index contributed by atoms with van der Waals surface area (Å²) in [5.41, 5.74) is 3.23. The molecule has 6 nitrogen and oxygen atoms in total. The average molecular weight is 429 g/mol. The number of nitrogens with zero attached hydrogens (tertiary/aromatic N) is 4. The van der Waals surface area contributed by atoms with Crippen molar-refractivity contribution in [2.75, 3.05) is 26.2 Å². The molecule has 1 saturated heterocycles. The summed E-state index contributed by atoms with van der Waals surface area (Å²) in [6.45, 7) is 2.79. The predicted molar refractivity (Wildman–Crippen MR) is 125 cm³/mol. The van der Waals surface area contributed by atoms with Crippen LogP contribution in [0.4, 0.5) is 0 Å². The third-order valence-corrected chi connectivity index (χ3v) is 6.17. The normalized spacial score (nSPS) is 16.3. The molecule has 0 bridgehead atoms. The molecule has 1 fully saturated rings. The van der Waals surface area contributed by atoms with Crippen LogP contribution in [-0.4, -0.2) is 56.9 Å². The third-order valence-electron chi connectivity index (χ3n) is 6.17. The molecule has 6 heteroatoms. The Bertz CT molecular complexity index is 1140. The number of aromatic nitrogens is 3. The molecule has 0 spiro atoms. The SMILES string of the molecule is OC(COc1ccc(-c2ccccc2)cc1)CN1CCC(c2nnc3ccccn23)CC1. The van der Waals surface area contributed by atoms with Crippen molar-refractivity contribution in [3.63, 3.8) is 0 Å². The van der Waals surface area contributed by atoms with Gasteiger partial charge in [0.05, 0.1) is 0 Å². The number of pyridine rings is 1. The van der Waals surface area contributed by atoms with E-state index in [4.69, 9.17) is 4.74 Å². The number of hydrogen-bond donors (Lipinski definition) is 1. The molecule has 2 aromatic carbocycles. The molecule has 0 saturated carbocycles. The first kappa shape index (κ1) is 20.7. The Kier molecular flexibility index (Phi) is 6.14. The summed E-state index contributed by atoms with van der Waals surface area (Å²) in [6.07, 6.45) is 3.55. The molecule has 1 N–H and O–H groups in total. The van der Waals surface area contributed by atoms with E-state index in [0.29, 0.717) is 19.1 Å². The van der Waals surface area contributed by atoms with Crippen molar-refractivity contribution in [1.29, 1.82) is 0 Å². The van der Waals surface area contributed by atoms with Crippen molar-refractivity contribution in [3.05, 3.63) is 84.8 Å². The first-order valence-corrected chi connectivity index (χ1v) is 11.2. The minimum Gasteiger partial charge on any atom is -0.491 e.